The number of rotatable bonds is 3. The van der Waals surface area contributed by atoms with Crippen LogP contribution < -0.4 is 5.32 Å². The fourth-order valence-corrected chi connectivity index (χ4v) is 5.06. The van der Waals surface area contributed by atoms with Gasteiger partial charge in [-0.25, -0.2) is 0 Å². The molecule has 4 rings (SSSR count). The number of amidine groups is 1. The lowest BCUT2D eigenvalue weighted by Crippen LogP contribution is -2.45. The molecule has 1 atom stereocenters. The number of benzene rings is 2. The van der Waals surface area contributed by atoms with E-state index in [0.717, 1.165) is 24.0 Å². The van der Waals surface area contributed by atoms with Gasteiger partial charge in [0.25, 0.3) is 10.0 Å². The quantitative estimate of drug-likeness (QED) is 0.863. The lowest BCUT2D eigenvalue weighted by atomic mass is 9.96. The maximum absolute atomic E-state index is 12.7. The second-order valence-electron chi connectivity index (χ2n) is 7.32. The summed E-state index contributed by atoms with van der Waals surface area (Å²) in [6.45, 7) is 3.70. The van der Waals surface area contributed by atoms with Crippen molar-refractivity contribution in [3.05, 3.63) is 65.2 Å². The molecule has 0 aliphatic carbocycles. The molecular weight excluding hydrogens is 374 g/mol. The summed E-state index contributed by atoms with van der Waals surface area (Å²) < 4.78 is 28.6. The molecule has 0 unspecified atom stereocenters. The van der Waals surface area contributed by atoms with Crippen LogP contribution in [0.5, 0.6) is 0 Å². The molecule has 2 aromatic carbocycles. The van der Waals surface area contributed by atoms with Crippen molar-refractivity contribution >= 4 is 21.8 Å². The maximum Gasteiger partial charge on any atom is 0.285 e. The largest absolute Gasteiger partial charge is 0.355 e. The lowest BCUT2D eigenvalue weighted by molar-refractivity contribution is -0.126. The Morgan fingerprint density at radius 3 is 2.75 bits per heavy atom. The van der Waals surface area contributed by atoms with Gasteiger partial charge in [0, 0.05) is 25.2 Å². The van der Waals surface area contributed by atoms with E-state index in [2.05, 4.69) is 9.71 Å². The molecule has 146 valence electrons. The molecule has 2 aliphatic rings. The molecule has 7 heteroatoms. The van der Waals surface area contributed by atoms with E-state index in [1.165, 1.54) is 0 Å². The molecule has 1 amide bonds. The third-order valence-electron chi connectivity index (χ3n) is 5.42. The topological polar surface area (TPSA) is 78.8 Å². The lowest BCUT2D eigenvalue weighted by Gasteiger charge is -2.33. The normalized spacial score (nSPS) is 20.4. The Kier molecular flexibility index (Phi) is 4.93. The number of fused-ring (bicyclic) bond motifs is 1. The summed E-state index contributed by atoms with van der Waals surface area (Å²) >= 11 is 0. The number of piperidine rings is 1. The number of hydrogen-bond acceptors (Lipinski definition) is 4. The Balaban J connectivity index is 1.47. The van der Waals surface area contributed by atoms with Crippen LogP contribution in [0.2, 0.25) is 0 Å². The van der Waals surface area contributed by atoms with Crippen LogP contribution in [0.25, 0.3) is 0 Å². The van der Waals surface area contributed by atoms with Crippen LogP contribution >= 0.6 is 0 Å². The van der Waals surface area contributed by atoms with Gasteiger partial charge in [0.15, 0.2) is 5.84 Å². The van der Waals surface area contributed by atoms with Crippen LogP contribution in [0, 0.1) is 12.8 Å². The average Bonchev–Trinajstić information content (AvgIpc) is 2.99. The number of sulfonamides is 1. The minimum atomic E-state index is -3.65. The number of likely N-dealkylation sites (tertiary alicyclic amines) is 1. The number of carbonyl (C=O) groups is 1. The number of hydrogen-bond donors (Lipinski definition) is 1. The predicted molar refractivity (Wildman–Crippen MR) is 107 cm³/mol. The van der Waals surface area contributed by atoms with Crippen molar-refractivity contribution in [1.82, 2.24) is 10.2 Å². The van der Waals surface area contributed by atoms with Gasteiger partial charge in [-0.2, -0.15) is 8.42 Å². The van der Waals surface area contributed by atoms with Gasteiger partial charge < -0.3 is 10.2 Å². The third kappa shape index (κ3) is 3.54. The van der Waals surface area contributed by atoms with E-state index in [-0.39, 0.29) is 16.7 Å². The van der Waals surface area contributed by atoms with Gasteiger partial charge in [0.2, 0.25) is 5.91 Å². The van der Waals surface area contributed by atoms with Gasteiger partial charge in [-0.15, -0.1) is 4.40 Å². The molecule has 28 heavy (non-hydrogen) atoms. The Hall–Kier alpha value is -2.67. The molecular formula is C21H23N3O3S. The number of amides is 1. The molecule has 2 heterocycles. The molecule has 6 nitrogen and oxygen atoms in total. The van der Waals surface area contributed by atoms with Crippen molar-refractivity contribution in [1.29, 1.82) is 0 Å². The first-order valence-electron chi connectivity index (χ1n) is 9.47. The molecule has 2 aromatic rings. The van der Waals surface area contributed by atoms with Gasteiger partial charge in [0.1, 0.15) is 4.90 Å². The minimum Gasteiger partial charge on any atom is -0.355 e. The van der Waals surface area contributed by atoms with Gasteiger partial charge in [-0.05, 0) is 43.0 Å². The Morgan fingerprint density at radius 1 is 1.18 bits per heavy atom. The van der Waals surface area contributed by atoms with Crippen LogP contribution in [-0.4, -0.2) is 38.2 Å². The summed E-state index contributed by atoms with van der Waals surface area (Å²) in [4.78, 5) is 14.9. The fourth-order valence-electron chi connectivity index (χ4n) is 3.84. The third-order valence-corrected chi connectivity index (χ3v) is 6.74. The standard InChI is InChI=1S/C21H23N3O3S/c1-15-7-2-3-8-16(15)13-22-21(25)17-9-6-12-24(14-17)20-18-10-4-5-11-19(18)28(26,27)23-20/h2-5,7-8,10-11,17H,6,9,12-14H2,1H3,(H,22,25)/t17-/m1/s1. The van der Waals surface area contributed by atoms with Crippen LogP contribution in [0.3, 0.4) is 0 Å². The van der Waals surface area contributed by atoms with Crippen molar-refractivity contribution in [2.75, 3.05) is 13.1 Å². The second-order valence-corrected chi connectivity index (χ2v) is 8.89. The fraction of sp³-hybridized carbons (Fsp3) is 0.333. The first-order chi connectivity index (χ1) is 13.5. The monoisotopic (exact) mass is 397 g/mol. The van der Waals surface area contributed by atoms with Crippen molar-refractivity contribution in [3.63, 3.8) is 0 Å². The molecule has 0 saturated carbocycles. The van der Waals surface area contributed by atoms with Crippen molar-refractivity contribution in [3.8, 4) is 0 Å². The van der Waals surface area contributed by atoms with E-state index >= 15 is 0 Å². The summed E-state index contributed by atoms with van der Waals surface area (Å²) in [7, 11) is -3.65. The summed E-state index contributed by atoms with van der Waals surface area (Å²) in [5, 5.41) is 3.03. The minimum absolute atomic E-state index is 0.00249. The molecule has 1 N–H and O–H groups in total. The molecule has 0 bridgehead atoms. The molecule has 1 fully saturated rings. The van der Waals surface area contributed by atoms with E-state index in [1.807, 2.05) is 42.2 Å². The SMILES string of the molecule is Cc1ccccc1CNC(=O)[C@@H]1CCCN(C2=NS(=O)(=O)c3ccccc32)C1. The highest BCUT2D eigenvalue weighted by molar-refractivity contribution is 7.90. The first-order valence-corrected chi connectivity index (χ1v) is 10.9. The molecule has 0 aromatic heterocycles. The molecule has 1 saturated heterocycles. The van der Waals surface area contributed by atoms with Crippen molar-refractivity contribution in [2.24, 2.45) is 10.3 Å². The number of nitrogens with zero attached hydrogens (tertiary/aromatic N) is 2. The Bertz CT molecular complexity index is 1050. The summed E-state index contributed by atoms with van der Waals surface area (Å²) in [6.07, 6.45) is 1.61. The summed E-state index contributed by atoms with van der Waals surface area (Å²) in [5.41, 5.74) is 2.88. The van der Waals surface area contributed by atoms with Gasteiger partial charge in [-0.3, -0.25) is 4.79 Å². The van der Waals surface area contributed by atoms with Gasteiger partial charge in [0.05, 0.1) is 5.92 Å². The number of nitrogens with one attached hydrogen (secondary N) is 1. The summed E-state index contributed by atoms with van der Waals surface area (Å²) in [5.74, 6) is 0.283. The van der Waals surface area contributed by atoms with E-state index in [4.69, 9.17) is 0 Å². The van der Waals surface area contributed by atoms with Crippen LogP contribution in [0.4, 0.5) is 0 Å². The average molecular weight is 398 g/mol. The number of aryl methyl sites for hydroxylation is 1. The highest BCUT2D eigenvalue weighted by Crippen LogP contribution is 2.29. The van der Waals surface area contributed by atoms with E-state index in [9.17, 15) is 13.2 Å². The molecule has 2 aliphatic heterocycles. The Morgan fingerprint density at radius 2 is 1.93 bits per heavy atom. The van der Waals surface area contributed by atoms with Crippen LogP contribution in [-0.2, 0) is 21.4 Å². The number of carbonyl (C=O) groups excluding carboxylic acids is 1. The smallest absolute Gasteiger partial charge is 0.285 e. The Labute approximate surface area is 165 Å². The van der Waals surface area contributed by atoms with Crippen molar-refractivity contribution < 1.29 is 13.2 Å². The van der Waals surface area contributed by atoms with E-state index in [1.54, 1.807) is 18.2 Å². The zero-order valence-electron chi connectivity index (χ0n) is 15.8. The highest BCUT2D eigenvalue weighted by Gasteiger charge is 2.35. The van der Waals surface area contributed by atoms with Crippen molar-refractivity contribution in [2.45, 2.75) is 31.2 Å². The predicted octanol–water partition coefficient (Wildman–Crippen LogP) is 2.47. The maximum atomic E-state index is 12.7. The van der Waals surface area contributed by atoms with E-state index in [0.29, 0.717) is 31.0 Å². The van der Waals surface area contributed by atoms with E-state index < -0.39 is 10.0 Å². The second kappa shape index (κ2) is 7.39. The van der Waals surface area contributed by atoms with Crippen LogP contribution in [0.1, 0.15) is 29.5 Å². The van der Waals surface area contributed by atoms with Gasteiger partial charge >= 0.3 is 0 Å². The zero-order chi connectivity index (χ0) is 19.7. The van der Waals surface area contributed by atoms with Crippen LogP contribution in [0.15, 0.2) is 57.8 Å². The highest BCUT2D eigenvalue weighted by atomic mass is 32.2. The summed E-state index contributed by atoms with van der Waals surface area (Å²) in [6, 6.07) is 14.9. The first kappa shape index (κ1) is 18.7. The van der Waals surface area contributed by atoms with Gasteiger partial charge in [-0.1, -0.05) is 36.4 Å². The molecule has 0 spiro atoms. The molecule has 0 radical (unpaired) electrons. The zero-order valence-corrected chi connectivity index (χ0v) is 16.6.